The number of aromatic hydroxyl groups is 1. The average Bonchev–Trinajstić information content (AvgIpc) is 2.61. The monoisotopic (exact) mass is 402 g/mol. The van der Waals surface area contributed by atoms with Crippen LogP contribution in [0.4, 0.5) is 18.9 Å². The SMILES string of the molecule is O=S(=O)(c1ccccc1OC(F)(F)F)N1CCN(c2ccccc2O)CC1. The molecule has 1 heterocycles. The van der Waals surface area contributed by atoms with Crippen molar-refractivity contribution in [3.05, 3.63) is 48.5 Å². The molecule has 0 saturated carbocycles. The van der Waals surface area contributed by atoms with Gasteiger partial charge in [0.2, 0.25) is 10.0 Å². The lowest BCUT2D eigenvalue weighted by molar-refractivity contribution is -0.275. The number of rotatable bonds is 4. The van der Waals surface area contributed by atoms with E-state index in [1.54, 1.807) is 18.2 Å². The highest BCUT2D eigenvalue weighted by molar-refractivity contribution is 7.89. The molecule has 27 heavy (non-hydrogen) atoms. The maximum absolute atomic E-state index is 12.8. The Balaban J connectivity index is 1.79. The minimum atomic E-state index is -4.99. The van der Waals surface area contributed by atoms with E-state index in [1.165, 1.54) is 18.2 Å². The van der Waals surface area contributed by atoms with Crippen LogP contribution in [0.25, 0.3) is 0 Å². The summed E-state index contributed by atoms with van der Waals surface area (Å²) in [6.45, 7) is 0.715. The van der Waals surface area contributed by atoms with Crippen LogP contribution in [-0.2, 0) is 10.0 Å². The summed E-state index contributed by atoms with van der Waals surface area (Å²) in [5.41, 5.74) is 0.579. The Kier molecular flexibility index (Phi) is 5.20. The van der Waals surface area contributed by atoms with Crippen molar-refractivity contribution in [2.75, 3.05) is 31.1 Å². The zero-order chi connectivity index (χ0) is 19.7. The minimum absolute atomic E-state index is 0.0665. The van der Waals surface area contributed by atoms with Crippen molar-refractivity contribution in [3.63, 3.8) is 0 Å². The first kappa shape index (κ1) is 19.3. The van der Waals surface area contributed by atoms with Gasteiger partial charge < -0.3 is 14.7 Å². The number of hydrogen-bond acceptors (Lipinski definition) is 5. The second-order valence-corrected chi connectivity index (χ2v) is 7.78. The van der Waals surface area contributed by atoms with E-state index in [9.17, 15) is 26.7 Å². The van der Waals surface area contributed by atoms with Gasteiger partial charge in [-0.2, -0.15) is 4.31 Å². The molecule has 146 valence electrons. The fourth-order valence-corrected chi connectivity index (χ4v) is 4.45. The molecule has 1 aliphatic heterocycles. The van der Waals surface area contributed by atoms with Gasteiger partial charge in [0.15, 0.2) is 0 Å². The number of hydrogen-bond donors (Lipinski definition) is 1. The maximum Gasteiger partial charge on any atom is 0.573 e. The van der Waals surface area contributed by atoms with Crippen LogP contribution in [0.15, 0.2) is 53.4 Å². The van der Waals surface area contributed by atoms with Crippen molar-refractivity contribution < 1.29 is 31.4 Å². The normalized spacial score (nSPS) is 16.3. The van der Waals surface area contributed by atoms with Crippen LogP contribution in [0.3, 0.4) is 0 Å². The summed E-state index contributed by atoms with van der Waals surface area (Å²) in [5.74, 6) is -0.675. The predicted octanol–water partition coefficient (Wildman–Crippen LogP) is 2.80. The van der Waals surface area contributed by atoms with Crippen molar-refractivity contribution in [3.8, 4) is 11.5 Å². The van der Waals surface area contributed by atoms with Crippen molar-refractivity contribution >= 4 is 15.7 Å². The lowest BCUT2D eigenvalue weighted by Gasteiger charge is -2.35. The molecular weight excluding hydrogens is 385 g/mol. The Bertz CT molecular complexity index is 910. The standard InChI is InChI=1S/C17H17F3N2O4S/c18-17(19,20)26-15-7-3-4-8-16(15)27(24,25)22-11-9-21(10-12-22)13-5-1-2-6-14(13)23/h1-8,23H,9-12H2. The summed E-state index contributed by atoms with van der Waals surface area (Å²) < 4.78 is 68.3. The second kappa shape index (κ2) is 7.28. The Hall–Kier alpha value is -2.46. The van der Waals surface area contributed by atoms with Gasteiger partial charge in [0.1, 0.15) is 16.4 Å². The van der Waals surface area contributed by atoms with Crippen LogP contribution in [-0.4, -0.2) is 50.4 Å². The fourth-order valence-electron chi connectivity index (χ4n) is 2.91. The van der Waals surface area contributed by atoms with E-state index in [0.717, 1.165) is 16.4 Å². The number of anilines is 1. The summed E-state index contributed by atoms with van der Waals surface area (Å²) in [5, 5.41) is 9.91. The minimum Gasteiger partial charge on any atom is -0.506 e. The first-order valence-electron chi connectivity index (χ1n) is 8.06. The number of phenolic OH excluding ortho intramolecular Hbond substituents is 1. The molecule has 0 aromatic heterocycles. The molecule has 10 heteroatoms. The van der Waals surface area contributed by atoms with Gasteiger partial charge in [-0.15, -0.1) is 13.2 Å². The van der Waals surface area contributed by atoms with Gasteiger partial charge in [0.25, 0.3) is 0 Å². The van der Waals surface area contributed by atoms with Gasteiger partial charge in [-0.25, -0.2) is 8.42 Å². The van der Waals surface area contributed by atoms with Crippen LogP contribution in [0.2, 0.25) is 0 Å². The number of alkyl halides is 3. The quantitative estimate of drug-likeness (QED) is 0.852. The molecule has 1 aliphatic rings. The smallest absolute Gasteiger partial charge is 0.506 e. The Labute approximate surface area is 154 Å². The van der Waals surface area contributed by atoms with Crippen molar-refractivity contribution in [2.24, 2.45) is 0 Å². The zero-order valence-corrected chi connectivity index (χ0v) is 14.9. The lowest BCUT2D eigenvalue weighted by Crippen LogP contribution is -2.48. The molecule has 0 spiro atoms. The third kappa shape index (κ3) is 4.28. The number of para-hydroxylation sites is 3. The van der Waals surface area contributed by atoms with E-state index in [0.29, 0.717) is 18.8 Å². The van der Waals surface area contributed by atoms with Crippen molar-refractivity contribution in [1.82, 2.24) is 4.31 Å². The summed E-state index contributed by atoms with van der Waals surface area (Å²) in [4.78, 5) is 1.29. The van der Waals surface area contributed by atoms with E-state index >= 15 is 0 Å². The third-order valence-electron chi connectivity index (χ3n) is 4.15. The van der Waals surface area contributed by atoms with Crippen molar-refractivity contribution in [2.45, 2.75) is 11.3 Å². The summed E-state index contributed by atoms with van der Waals surface area (Å²) in [6.07, 6.45) is -4.99. The van der Waals surface area contributed by atoms with Crippen molar-refractivity contribution in [1.29, 1.82) is 0 Å². The molecule has 0 amide bonds. The van der Waals surface area contributed by atoms with E-state index < -0.39 is 27.0 Å². The number of halogens is 3. The highest BCUT2D eigenvalue weighted by atomic mass is 32.2. The molecule has 0 radical (unpaired) electrons. The number of phenols is 1. The Morgan fingerprint density at radius 3 is 2.15 bits per heavy atom. The van der Waals surface area contributed by atoms with Crippen LogP contribution >= 0.6 is 0 Å². The van der Waals surface area contributed by atoms with Gasteiger partial charge in [0.05, 0.1) is 5.69 Å². The molecule has 1 fully saturated rings. The molecule has 3 rings (SSSR count). The molecule has 0 unspecified atom stereocenters. The highest BCUT2D eigenvalue weighted by Gasteiger charge is 2.36. The van der Waals surface area contributed by atoms with Gasteiger partial charge in [-0.1, -0.05) is 24.3 Å². The second-order valence-electron chi connectivity index (χ2n) is 5.87. The van der Waals surface area contributed by atoms with E-state index in [-0.39, 0.29) is 18.8 Å². The molecule has 2 aromatic rings. The molecule has 1 N–H and O–H groups in total. The van der Waals surface area contributed by atoms with Crippen LogP contribution < -0.4 is 9.64 Å². The Morgan fingerprint density at radius 2 is 1.52 bits per heavy atom. The first-order chi connectivity index (χ1) is 12.7. The number of sulfonamides is 1. The predicted molar refractivity (Wildman–Crippen MR) is 92.2 cm³/mol. The van der Waals surface area contributed by atoms with Crippen LogP contribution in [0, 0.1) is 0 Å². The molecule has 1 saturated heterocycles. The summed E-state index contributed by atoms with van der Waals surface area (Å²) in [7, 11) is -4.16. The molecule has 6 nitrogen and oxygen atoms in total. The lowest BCUT2D eigenvalue weighted by atomic mass is 10.2. The van der Waals surface area contributed by atoms with Crippen LogP contribution in [0.5, 0.6) is 11.5 Å². The largest absolute Gasteiger partial charge is 0.573 e. The number of benzene rings is 2. The van der Waals surface area contributed by atoms with Gasteiger partial charge in [0, 0.05) is 26.2 Å². The van der Waals surface area contributed by atoms with Gasteiger partial charge in [-0.05, 0) is 24.3 Å². The van der Waals surface area contributed by atoms with Crippen LogP contribution in [0.1, 0.15) is 0 Å². The molecule has 0 aliphatic carbocycles. The van der Waals surface area contributed by atoms with E-state index in [1.807, 2.05) is 4.90 Å². The number of piperazine rings is 1. The summed E-state index contributed by atoms with van der Waals surface area (Å²) >= 11 is 0. The maximum atomic E-state index is 12.8. The van der Waals surface area contributed by atoms with E-state index in [4.69, 9.17) is 0 Å². The third-order valence-corrected chi connectivity index (χ3v) is 6.09. The highest BCUT2D eigenvalue weighted by Crippen LogP contribution is 2.33. The summed E-state index contributed by atoms with van der Waals surface area (Å²) in [6, 6.07) is 11.4. The fraction of sp³-hybridized carbons (Fsp3) is 0.294. The average molecular weight is 402 g/mol. The van der Waals surface area contributed by atoms with Gasteiger partial charge in [-0.3, -0.25) is 0 Å². The topological polar surface area (TPSA) is 70.1 Å². The van der Waals surface area contributed by atoms with Gasteiger partial charge >= 0.3 is 6.36 Å². The first-order valence-corrected chi connectivity index (χ1v) is 9.50. The number of ether oxygens (including phenoxy) is 1. The molecule has 2 aromatic carbocycles. The zero-order valence-electron chi connectivity index (χ0n) is 14.1. The number of nitrogens with zero attached hydrogens (tertiary/aromatic N) is 2. The van der Waals surface area contributed by atoms with E-state index in [2.05, 4.69) is 4.74 Å². The molecular formula is C17H17F3N2O4S. The molecule has 0 atom stereocenters. The molecule has 0 bridgehead atoms. The Morgan fingerprint density at radius 1 is 0.926 bits per heavy atom.